The Morgan fingerprint density at radius 3 is 2.68 bits per heavy atom. The maximum Gasteiger partial charge on any atom is 0.313 e. The van der Waals surface area contributed by atoms with Crippen LogP contribution in [-0.2, 0) is 19.1 Å². The minimum Gasteiger partial charge on any atom is -0.469 e. The summed E-state index contributed by atoms with van der Waals surface area (Å²) in [7, 11) is 1.36. The molecule has 0 saturated heterocycles. The Bertz CT molecular complexity index is 388. The fourth-order valence-electron chi connectivity index (χ4n) is 3.25. The van der Waals surface area contributed by atoms with Gasteiger partial charge in [0, 0.05) is 0 Å². The summed E-state index contributed by atoms with van der Waals surface area (Å²) in [5, 5.41) is 0. The molecular weight excluding hydrogens is 244 g/mol. The lowest BCUT2D eigenvalue weighted by molar-refractivity contribution is -0.164. The Balaban J connectivity index is 2.09. The van der Waals surface area contributed by atoms with E-state index in [0.29, 0.717) is 18.9 Å². The molecule has 0 aromatic rings. The number of allylic oxidation sites excluding steroid dienone is 2. The monoisotopic (exact) mass is 266 g/mol. The molecule has 106 valence electrons. The van der Waals surface area contributed by atoms with Gasteiger partial charge in [0.05, 0.1) is 25.6 Å². The largest absolute Gasteiger partial charge is 0.469 e. The lowest BCUT2D eigenvalue weighted by Crippen LogP contribution is -2.39. The fraction of sp³-hybridized carbons (Fsp3) is 0.733. The molecular formula is C15H22O4. The summed E-state index contributed by atoms with van der Waals surface area (Å²) in [6, 6.07) is 0. The van der Waals surface area contributed by atoms with Crippen LogP contribution < -0.4 is 0 Å². The first-order chi connectivity index (χ1) is 9.12. The quantitative estimate of drug-likeness (QED) is 0.421. The van der Waals surface area contributed by atoms with Crippen molar-refractivity contribution in [2.24, 2.45) is 17.3 Å². The first kappa shape index (κ1) is 14.1. The van der Waals surface area contributed by atoms with Crippen LogP contribution in [0.4, 0.5) is 0 Å². The molecule has 0 N–H and O–H groups in total. The molecule has 4 heteroatoms. The summed E-state index contributed by atoms with van der Waals surface area (Å²) in [6.07, 6.45) is 7.89. The maximum absolute atomic E-state index is 12.4. The Labute approximate surface area is 114 Å². The standard InChI is InChI=1S/C15H22O4/c1-3-4-7-19-14(17)15(10-13(16)18-2)9-11-5-6-12(15)8-11/h5-6,11-12H,3-4,7-10H2,1-2H3. The summed E-state index contributed by atoms with van der Waals surface area (Å²) in [4.78, 5) is 24.0. The van der Waals surface area contributed by atoms with Crippen LogP contribution in [0.2, 0.25) is 0 Å². The summed E-state index contributed by atoms with van der Waals surface area (Å²) in [6.45, 7) is 2.50. The van der Waals surface area contributed by atoms with E-state index in [1.54, 1.807) is 0 Å². The highest BCUT2D eigenvalue weighted by molar-refractivity contribution is 5.85. The Kier molecular flexibility index (Phi) is 4.27. The molecule has 0 spiro atoms. The zero-order valence-corrected chi connectivity index (χ0v) is 11.7. The Morgan fingerprint density at radius 1 is 1.37 bits per heavy atom. The molecule has 3 atom stereocenters. The zero-order chi connectivity index (χ0) is 13.9. The van der Waals surface area contributed by atoms with Gasteiger partial charge in [-0.25, -0.2) is 0 Å². The number of rotatable bonds is 6. The fourth-order valence-corrected chi connectivity index (χ4v) is 3.25. The van der Waals surface area contributed by atoms with Gasteiger partial charge >= 0.3 is 11.9 Å². The van der Waals surface area contributed by atoms with Gasteiger partial charge in [0.1, 0.15) is 0 Å². The van der Waals surface area contributed by atoms with Crippen molar-refractivity contribution in [3.05, 3.63) is 12.2 Å². The molecule has 0 radical (unpaired) electrons. The van der Waals surface area contributed by atoms with Crippen molar-refractivity contribution in [3.63, 3.8) is 0 Å². The minimum atomic E-state index is -0.680. The highest BCUT2D eigenvalue weighted by atomic mass is 16.5. The van der Waals surface area contributed by atoms with Crippen molar-refractivity contribution in [1.82, 2.24) is 0 Å². The molecule has 0 aromatic heterocycles. The van der Waals surface area contributed by atoms with Crippen molar-refractivity contribution < 1.29 is 19.1 Å². The average Bonchev–Trinajstić information content (AvgIpc) is 2.99. The van der Waals surface area contributed by atoms with E-state index in [0.717, 1.165) is 19.3 Å². The highest BCUT2D eigenvalue weighted by Crippen LogP contribution is 2.54. The predicted molar refractivity (Wildman–Crippen MR) is 70.3 cm³/mol. The smallest absolute Gasteiger partial charge is 0.313 e. The van der Waals surface area contributed by atoms with E-state index in [-0.39, 0.29) is 24.3 Å². The summed E-state index contributed by atoms with van der Waals surface area (Å²) >= 11 is 0. The molecule has 2 aliphatic carbocycles. The zero-order valence-electron chi connectivity index (χ0n) is 11.7. The SMILES string of the molecule is CCCCOC(=O)C1(CC(=O)OC)CC2C=CC1C2. The van der Waals surface area contributed by atoms with Gasteiger partial charge in [-0.15, -0.1) is 0 Å². The lowest BCUT2D eigenvalue weighted by Gasteiger charge is -2.32. The molecule has 1 saturated carbocycles. The third kappa shape index (κ3) is 2.67. The van der Waals surface area contributed by atoms with Crippen molar-refractivity contribution in [2.75, 3.05) is 13.7 Å². The number of hydrogen-bond acceptors (Lipinski definition) is 4. The number of methoxy groups -OCH3 is 1. The molecule has 3 unspecified atom stereocenters. The number of carbonyl (C=O) groups excluding carboxylic acids is 2. The van der Waals surface area contributed by atoms with Gasteiger partial charge in [-0.05, 0) is 31.1 Å². The molecule has 4 nitrogen and oxygen atoms in total. The number of ether oxygens (including phenoxy) is 2. The lowest BCUT2D eigenvalue weighted by atomic mass is 9.73. The van der Waals surface area contributed by atoms with Crippen LogP contribution in [0.5, 0.6) is 0 Å². The van der Waals surface area contributed by atoms with Crippen LogP contribution in [0.1, 0.15) is 39.0 Å². The molecule has 0 heterocycles. The van der Waals surface area contributed by atoms with Crippen LogP contribution in [-0.4, -0.2) is 25.7 Å². The molecule has 2 aliphatic rings. The van der Waals surface area contributed by atoms with Gasteiger partial charge in [0.25, 0.3) is 0 Å². The van der Waals surface area contributed by atoms with Gasteiger partial charge in [-0.3, -0.25) is 9.59 Å². The van der Waals surface area contributed by atoms with E-state index in [1.807, 2.05) is 0 Å². The van der Waals surface area contributed by atoms with Gasteiger partial charge < -0.3 is 9.47 Å². The van der Waals surface area contributed by atoms with Gasteiger partial charge in [0.15, 0.2) is 0 Å². The highest BCUT2D eigenvalue weighted by Gasteiger charge is 2.55. The van der Waals surface area contributed by atoms with Gasteiger partial charge in [-0.2, -0.15) is 0 Å². The predicted octanol–water partition coefficient (Wildman–Crippen LogP) is 2.48. The first-order valence-electron chi connectivity index (χ1n) is 7.04. The number of esters is 2. The first-order valence-corrected chi connectivity index (χ1v) is 7.04. The topological polar surface area (TPSA) is 52.6 Å². The Hall–Kier alpha value is -1.32. The van der Waals surface area contributed by atoms with Gasteiger partial charge in [0.2, 0.25) is 0 Å². The molecule has 2 rings (SSSR count). The van der Waals surface area contributed by atoms with Crippen LogP contribution in [0.15, 0.2) is 12.2 Å². The summed E-state index contributed by atoms with van der Waals surface area (Å²) < 4.78 is 10.1. The van der Waals surface area contributed by atoms with Crippen molar-refractivity contribution >= 4 is 11.9 Å². The second-order valence-corrected chi connectivity index (χ2v) is 5.59. The molecule has 0 amide bonds. The van der Waals surface area contributed by atoms with E-state index in [1.165, 1.54) is 7.11 Å². The molecule has 0 aromatic carbocycles. The molecule has 0 aliphatic heterocycles. The molecule has 1 fully saturated rings. The molecule has 2 bridgehead atoms. The number of unbranched alkanes of at least 4 members (excludes halogenated alkanes) is 1. The van der Waals surface area contributed by atoms with E-state index < -0.39 is 5.41 Å². The second kappa shape index (κ2) is 5.76. The van der Waals surface area contributed by atoms with Crippen LogP contribution >= 0.6 is 0 Å². The number of carbonyl (C=O) groups is 2. The van der Waals surface area contributed by atoms with E-state index in [2.05, 4.69) is 19.1 Å². The van der Waals surface area contributed by atoms with Crippen LogP contribution in [0, 0.1) is 17.3 Å². The summed E-state index contributed by atoms with van der Waals surface area (Å²) in [5.41, 5.74) is -0.680. The van der Waals surface area contributed by atoms with Gasteiger partial charge in [-0.1, -0.05) is 25.5 Å². The van der Waals surface area contributed by atoms with E-state index >= 15 is 0 Å². The average molecular weight is 266 g/mol. The van der Waals surface area contributed by atoms with Crippen LogP contribution in [0.3, 0.4) is 0 Å². The third-order valence-corrected chi connectivity index (χ3v) is 4.33. The van der Waals surface area contributed by atoms with Crippen molar-refractivity contribution in [1.29, 1.82) is 0 Å². The van der Waals surface area contributed by atoms with Crippen molar-refractivity contribution in [3.8, 4) is 0 Å². The molecule has 19 heavy (non-hydrogen) atoms. The Morgan fingerprint density at radius 2 is 2.16 bits per heavy atom. The van der Waals surface area contributed by atoms with E-state index in [9.17, 15) is 9.59 Å². The third-order valence-electron chi connectivity index (χ3n) is 4.33. The number of hydrogen-bond donors (Lipinski definition) is 0. The van der Waals surface area contributed by atoms with E-state index in [4.69, 9.17) is 9.47 Å². The summed E-state index contributed by atoms with van der Waals surface area (Å²) in [5.74, 6) is -0.00398. The normalized spacial score (nSPS) is 31.5. The maximum atomic E-state index is 12.4. The second-order valence-electron chi connectivity index (χ2n) is 5.59. The van der Waals surface area contributed by atoms with Crippen molar-refractivity contribution in [2.45, 2.75) is 39.0 Å². The minimum absolute atomic E-state index is 0.130. The number of fused-ring (bicyclic) bond motifs is 2. The van der Waals surface area contributed by atoms with Crippen LogP contribution in [0.25, 0.3) is 0 Å².